The van der Waals surface area contributed by atoms with E-state index in [0.717, 1.165) is 16.1 Å². The van der Waals surface area contributed by atoms with E-state index in [1.165, 1.54) is 12.1 Å². The highest BCUT2D eigenvalue weighted by Crippen LogP contribution is 2.32. The number of hydrogen-bond acceptors (Lipinski definition) is 3. The van der Waals surface area contributed by atoms with Crippen LogP contribution in [0.4, 0.5) is 10.1 Å². The summed E-state index contributed by atoms with van der Waals surface area (Å²) < 4.78 is 20.1. The molecule has 0 radical (unpaired) electrons. The molecule has 0 bridgehead atoms. The second-order valence-electron chi connectivity index (χ2n) is 3.86. The Morgan fingerprint density at radius 1 is 1.20 bits per heavy atom. The maximum atomic E-state index is 13.8. The van der Waals surface area contributed by atoms with E-state index >= 15 is 0 Å². The van der Waals surface area contributed by atoms with Crippen molar-refractivity contribution in [3.63, 3.8) is 0 Å². The van der Waals surface area contributed by atoms with E-state index in [1.54, 1.807) is 6.07 Å². The van der Waals surface area contributed by atoms with Gasteiger partial charge in [0, 0.05) is 21.4 Å². The molecule has 0 fully saturated rings. The first-order valence-corrected chi connectivity index (χ1v) is 7.39. The number of halogens is 3. The fourth-order valence-electron chi connectivity index (χ4n) is 1.54. The van der Waals surface area contributed by atoms with E-state index < -0.39 is 10.7 Å². The summed E-state index contributed by atoms with van der Waals surface area (Å²) in [5.41, 5.74) is 0.524. The van der Waals surface area contributed by atoms with Gasteiger partial charge < -0.3 is 4.74 Å². The fraction of sp³-hybridized carbons (Fsp3) is 0.0769. The van der Waals surface area contributed by atoms with Crippen LogP contribution in [0.2, 0.25) is 0 Å². The fourth-order valence-corrected chi connectivity index (χ4v) is 2.34. The molecular formula is C13H8Br2FNO3. The standard InChI is InChI=1S/C13H8Br2FNO3/c14-7-8-1-2-9(15)5-13(8)20-12-4-3-10(17(18)19)6-11(12)16/h1-6H,7H2. The van der Waals surface area contributed by atoms with Gasteiger partial charge in [0.05, 0.1) is 11.0 Å². The Hall–Kier alpha value is -1.47. The summed E-state index contributed by atoms with van der Waals surface area (Å²) in [5.74, 6) is -0.361. The zero-order chi connectivity index (χ0) is 14.7. The van der Waals surface area contributed by atoms with Crippen LogP contribution < -0.4 is 4.74 Å². The van der Waals surface area contributed by atoms with Crippen molar-refractivity contribution in [3.8, 4) is 11.5 Å². The Morgan fingerprint density at radius 2 is 1.95 bits per heavy atom. The maximum Gasteiger partial charge on any atom is 0.272 e. The molecule has 0 aliphatic carbocycles. The zero-order valence-corrected chi connectivity index (χ0v) is 13.1. The predicted molar refractivity (Wildman–Crippen MR) is 79.9 cm³/mol. The smallest absolute Gasteiger partial charge is 0.272 e. The van der Waals surface area contributed by atoms with Gasteiger partial charge in [-0.25, -0.2) is 4.39 Å². The van der Waals surface area contributed by atoms with E-state index in [2.05, 4.69) is 31.9 Å². The molecule has 0 spiro atoms. The van der Waals surface area contributed by atoms with Gasteiger partial charge >= 0.3 is 0 Å². The molecule has 2 aromatic rings. The van der Waals surface area contributed by atoms with Gasteiger partial charge in [-0.05, 0) is 18.2 Å². The van der Waals surface area contributed by atoms with Gasteiger partial charge in [0.25, 0.3) is 5.69 Å². The molecule has 0 saturated heterocycles. The Labute approximate surface area is 131 Å². The van der Waals surface area contributed by atoms with E-state index in [0.29, 0.717) is 11.1 Å². The van der Waals surface area contributed by atoms with Gasteiger partial charge in [0.1, 0.15) is 5.75 Å². The molecule has 0 heterocycles. The van der Waals surface area contributed by atoms with Crippen molar-refractivity contribution in [3.05, 3.63) is 62.4 Å². The molecule has 7 heteroatoms. The molecule has 2 rings (SSSR count). The third-order valence-corrected chi connectivity index (χ3v) is 3.62. The summed E-state index contributed by atoms with van der Waals surface area (Å²) >= 11 is 6.63. The predicted octanol–water partition coefficient (Wildman–Crippen LogP) is 5.18. The van der Waals surface area contributed by atoms with Gasteiger partial charge in [-0.1, -0.05) is 37.9 Å². The second kappa shape index (κ2) is 6.32. The summed E-state index contributed by atoms with van der Waals surface area (Å²) in [6.45, 7) is 0. The average molecular weight is 405 g/mol. The first-order chi connectivity index (χ1) is 9.51. The van der Waals surface area contributed by atoms with Crippen LogP contribution in [0, 0.1) is 15.9 Å². The lowest BCUT2D eigenvalue weighted by Crippen LogP contribution is -1.94. The van der Waals surface area contributed by atoms with Gasteiger partial charge in [-0.2, -0.15) is 0 Å². The number of ether oxygens (including phenoxy) is 1. The van der Waals surface area contributed by atoms with Crippen LogP contribution in [-0.2, 0) is 5.33 Å². The first-order valence-electron chi connectivity index (χ1n) is 5.47. The molecule has 0 amide bonds. The number of alkyl halides is 1. The Balaban J connectivity index is 2.35. The van der Waals surface area contributed by atoms with Crippen molar-refractivity contribution in [2.45, 2.75) is 5.33 Å². The van der Waals surface area contributed by atoms with E-state index in [9.17, 15) is 14.5 Å². The second-order valence-corrected chi connectivity index (χ2v) is 5.34. The summed E-state index contributed by atoms with van der Waals surface area (Å²) in [4.78, 5) is 9.90. The molecule has 0 aliphatic rings. The zero-order valence-electron chi connectivity index (χ0n) is 9.98. The van der Waals surface area contributed by atoms with Crippen molar-refractivity contribution in [2.75, 3.05) is 0 Å². The van der Waals surface area contributed by atoms with E-state index in [-0.39, 0.29) is 11.4 Å². The molecule has 2 aromatic carbocycles. The minimum atomic E-state index is -0.778. The van der Waals surface area contributed by atoms with Crippen LogP contribution >= 0.6 is 31.9 Å². The van der Waals surface area contributed by atoms with E-state index in [4.69, 9.17) is 4.74 Å². The van der Waals surface area contributed by atoms with Crippen LogP contribution in [0.1, 0.15) is 5.56 Å². The van der Waals surface area contributed by atoms with Gasteiger partial charge in [0.15, 0.2) is 11.6 Å². The molecule has 0 aromatic heterocycles. The van der Waals surface area contributed by atoms with Crippen LogP contribution in [-0.4, -0.2) is 4.92 Å². The number of benzene rings is 2. The summed E-state index contributed by atoms with van der Waals surface area (Å²) in [7, 11) is 0. The lowest BCUT2D eigenvalue weighted by atomic mass is 10.2. The Morgan fingerprint density at radius 3 is 2.55 bits per heavy atom. The Bertz CT molecular complexity index is 664. The maximum absolute atomic E-state index is 13.8. The van der Waals surface area contributed by atoms with Gasteiger partial charge in [-0.15, -0.1) is 0 Å². The van der Waals surface area contributed by atoms with Crippen molar-refractivity contribution >= 4 is 37.5 Å². The minimum absolute atomic E-state index is 0.0594. The minimum Gasteiger partial charge on any atom is -0.454 e. The molecule has 0 N–H and O–H groups in total. The highest BCUT2D eigenvalue weighted by molar-refractivity contribution is 9.10. The van der Waals surface area contributed by atoms with Gasteiger partial charge in [-0.3, -0.25) is 10.1 Å². The quantitative estimate of drug-likeness (QED) is 0.400. The molecule has 0 aliphatic heterocycles. The molecule has 0 unspecified atom stereocenters. The van der Waals surface area contributed by atoms with Gasteiger partial charge in [0.2, 0.25) is 0 Å². The molecule has 4 nitrogen and oxygen atoms in total. The monoisotopic (exact) mass is 403 g/mol. The van der Waals surface area contributed by atoms with Crippen molar-refractivity contribution in [1.29, 1.82) is 0 Å². The number of non-ortho nitro benzene ring substituents is 1. The summed E-state index contributed by atoms with van der Waals surface area (Å²) in [5, 5.41) is 11.1. The third kappa shape index (κ3) is 3.34. The molecule has 0 saturated carbocycles. The number of nitrogens with zero attached hydrogens (tertiary/aromatic N) is 1. The van der Waals surface area contributed by atoms with E-state index in [1.807, 2.05) is 12.1 Å². The lowest BCUT2D eigenvalue weighted by Gasteiger charge is -2.10. The number of hydrogen-bond donors (Lipinski definition) is 0. The van der Waals surface area contributed by atoms with Crippen LogP contribution in [0.5, 0.6) is 11.5 Å². The molecule has 20 heavy (non-hydrogen) atoms. The number of rotatable bonds is 4. The van der Waals surface area contributed by atoms with Crippen LogP contribution in [0.15, 0.2) is 40.9 Å². The van der Waals surface area contributed by atoms with Crippen molar-refractivity contribution in [1.82, 2.24) is 0 Å². The van der Waals surface area contributed by atoms with Crippen LogP contribution in [0.3, 0.4) is 0 Å². The molecule has 104 valence electrons. The lowest BCUT2D eigenvalue weighted by molar-refractivity contribution is -0.385. The number of nitro benzene ring substituents is 1. The summed E-state index contributed by atoms with van der Waals surface area (Å²) in [6, 6.07) is 8.66. The molecular weight excluding hydrogens is 397 g/mol. The highest BCUT2D eigenvalue weighted by atomic mass is 79.9. The topological polar surface area (TPSA) is 52.4 Å². The van der Waals surface area contributed by atoms with Crippen LogP contribution in [0.25, 0.3) is 0 Å². The average Bonchev–Trinajstić information content (AvgIpc) is 2.41. The first kappa shape index (κ1) is 14.9. The summed E-state index contributed by atoms with van der Waals surface area (Å²) in [6.07, 6.45) is 0. The Kier molecular flexibility index (Phi) is 4.72. The third-order valence-electron chi connectivity index (χ3n) is 2.52. The van der Waals surface area contributed by atoms with Crippen molar-refractivity contribution in [2.24, 2.45) is 0 Å². The largest absolute Gasteiger partial charge is 0.454 e. The van der Waals surface area contributed by atoms with Crippen molar-refractivity contribution < 1.29 is 14.1 Å². The highest BCUT2D eigenvalue weighted by Gasteiger charge is 2.13. The molecule has 0 atom stereocenters. The SMILES string of the molecule is O=[N+]([O-])c1ccc(Oc2cc(Br)ccc2CBr)c(F)c1. The number of nitro groups is 1. The normalized spacial score (nSPS) is 10.3.